The lowest BCUT2D eigenvalue weighted by molar-refractivity contribution is 0.108. The van der Waals surface area contributed by atoms with E-state index in [2.05, 4.69) is 5.32 Å². The molecule has 0 bridgehead atoms. The molecule has 1 amide bonds. The molecule has 0 radical (unpaired) electrons. The smallest absolute Gasteiger partial charge is 0.408 e. The first-order valence-electron chi connectivity index (χ1n) is 7.91. The number of benzene rings is 2. The Labute approximate surface area is 152 Å². The molecule has 2 atom stereocenters. The van der Waals surface area contributed by atoms with Crippen molar-refractivity contribution in [2.45, 2.75) is 18.5 Å². The summed E-state index contributed by atoms with van der Waals surface area (Å²) in [5.41, 5.74) is 1.25. The van der Waals surface area contributed by atoms with E-state index in [1.807, 2.05) is 18.2 Å². The van der Waals surface area contributed by atoms with Crippen molar-refractivity contribution >= 4 is 13.7 Å². The molecule has 26 heavy (non-hydrogen) atoms. The molecule has 8 heteroatoms. The molecule has 2 rings (SSSR count). The molecular weight excluding hydrogens is 357 g/mol. The van der Waals surface area contributed by atoms with Crippen molar-refractivity contribution in [3.8, 4) is 0 Å². The number of alkyl carbamates (subject to hydrolysis) is 1. The van der Waals surface area contributed by atoms with Crippen molar-refractivity contribution in [2.75, 3.05) is 14.2 Å². The van der Waals surface area contributed by atoms with E-state index in [1.165, 1.54) is 14.2 Å². The number of carbonyl (C=O) groups excluding carboxylic acids is 1. The minimum atomic E-state index is -3.82. The van der Waals surface area contributed by atoms with Gasteiger partial charge < -0.3 is 24.2 Å². The van der Waals surface area contributed by atoms with Crippen LogP contribution in [0.1, 0.15) is 17.2 Å². The van der Waals surface area contributed by atoms with Crippen LogP contribution < -0.4 is 5.32 Å². The zero-order chi connectivity index (χ0) is 19.0. The fourth-order valence-electron chi connectivity index (χ4n) is 2.35. The fourth-order valence-corrected chi connectivity index (χ4v) is 3.74. The van der Waals surface area contributed by atoms with E-state index in [0.717, 1.165) is 5.56 Å². The summed E-state index contributed by atoms with van der Waals surface area (Å²) in [6.45, 7) is 0.0328. The van der Waals surface area contributed by atoms with E-state index in [1.54, 1.807) is 42.5 Å². The van der Waals surface area contributed by atoms with Crippen molar-refractivity contribution in [3.05, 3.63) is 71.8 Å². The summed E-state index contributed by atoms with van der Waals surface area (Å²) < 4.78 is 27.9. The highest BCUT2D eigenvalue weighted by atomic mass is 31.2. The van der Waals surface area contributed by atoms with E-state index in [-0.39, 0.29) is 6.61 Å². The Kier molecular flexibility index (Phi) is 7.36. The van der Waals surface area contributed by atoms with Crippen LogP contribution in [0.4, 0.5) is 4.79 Å². The number of ether oxygens (including phenoxy) is 1. The van der Waals surface area contributed by atoms with E-state index in [9.17, 15) is 14.5 Å². The number of carbonyl (C=O) groups is 1. The second-order valence-electron chi connectivity index (χ2n) is 5.41. The number of nitrogens with one attached hydrogen (secondary N) is 1. The summed E-state index contributed by atoms with van der Waals surface area (Å²) >= 11 is 0. The Morgan fingerprint density at radius 2 is 1.58 bits per heavy atom. The lowest BCUT2D eigenvalue weighted by Gasteiger charge is -2.28. The summed E-state index contributed by atoms with van der Waals surface area (Å²) in [5.74, 6) is -1.33. The van der Waals surface area contributed by atoms with Gasteiger partial charge in [0.2, 0.25) is 0 Å². The van der Waals surface area contributed by atoms with Crippen LogP contribution in [0.15, 0.2) is 60.7 Å². The molecule has 0 unspecified atom stereocenters. The Morgan fingerprint density at radius 3 is 2.12 bits per heavy atom. The van der Waals surface area contributed by atoms with E-state index < -0.39 is 25.6 Å². The van der Waals surface area contributed by atoms with Crippen molar-refractivity contribution in [2.24, 2.45) is 0 Å². The zero-order valence-corrected chi connectivity index (χ0v) is 15.5. The van der Waals surface area contributed by atoms with Crippen LogP contribution in [-0.2, 0) is 25.0 Å². The third-order valence-electron chi connectivity index (χ3n) is 3.77. The maximum atomic E-state index is 12.8. The number of aliphatic hydroxyl groups excluding tert-OH is 1. The lowest BCUT2D eigenvalue weighted by Crippen LogP contribution is -2.40. The summed E-state index contributed by atoms with van der Waals surface area (Å²) in [6, 6.07) is 17.6. The predicted molar refractivity (Wildman–Crippen MR) is 96.6 cm³/mol. The molecule has 140 valence electrons. The molecule has 7 nitrogen and oxygen atoms in total. The van der Waals surface area contributed by atoms with Crippen LogP contribution in [0.25, 0.3) is 0 Å². The highest BCUT2D eigenvalue weighted by Gasteiger charge is 2.41. The zero-order valence-electron chi connectivity index (χ0n) is 14.6. The first kappa shape index (κ1) is 20.1. The van der Waals surface area contributed by atoms with Crippen LogP contribution in [0.3, 0.4) is 0 Å². The van der Waals surface area contributed by atoms with Crippen molar-refractivity contribution in [1.82, 2.24) is 5.32 Å². The maximum absolute atomic E-state index is 12.8. The van der Waals surface area contributed by atoms with Crippen LogP contribution >= 0.6 is 7.60 Å². The Morgan fingerprint density at radius 1 is 1.04 bits per heavy atom. The molecule has 0 aromatic heterocycles. The molecule has 0 fully saturated rings. The van der Waals surface area contributed by atoms with E-state index in [4.69, 9.17) is 13.8 Å². The summed E-state index contributed by atoms with van der Waals surface area (Å²) in [7, 11) is -1.45. The SMILES string of the molecule is COP(=O)(OC)[C@H](NC(=O)OCc1ccccc1)[C@@H](O)c1ccccc1. The number of amides is 1. The highest BCUT2D eigenvalue weighted by Crippen LogP contribution is 2.54. The van der Waals surface area contributed by atoms with Crippen LogP contribution in [0, 0.1) is 0 Å². The molecular formula is C18H22NO6P. The first-order chi connectivity index (χ1) is 12.5. The van der Waals surface area contributed by atoms with Gasteiger partial charge in [-0.25, -0.2) is 4.79 Å². The normalized spacial score (nSPS) is 13.7. The van der Waals surface area contributed by atoms with Crippen molar-refractivity contribution in [3.63, 3.8) is 0 Å². The van der Waals surface area contributed by atoms with Crippen LogP contribution in [-0.4, -0.2) is 31.2 Å². The molecule has 2 aromatic carbocycles. The van der Waals surface area contributed by atoms with E-state index in [0.29, 0.717) is 5.56 Å². The minimum Gasteiger partial charge on any atom is -0.445 e. The largest absolute Gasteiger partial charge is 0.445 e. The Balaban J connectivity index is 2.13. The van der Waals surface area contributed by atoms with Gasteiger partial charge in [0.05, 0.1) is 0 Å². The molecule has 2 N–H and O–H groups in total. The number of aliphatic hydroxyl groups is 1. The van der Waals surface area contributed by atoms with Gasteiger partial charge in [-0.1, -0.05) is 60.7 Å². The molecule has 0 aliphatic carbocycles. The average molecular weight is 379 g/mol. The average Bonchev–Trinajstić information content (AvgIpc) is 2.71. The monoisotopic (exact) mass is 379 g/mol. The lowest BCUT2D eigenvalue weighted by atomic mass is 10.1. The number of hydrogen-bond donors (Lipinski definition) is 2. The quantitative estimate of drug-likeness (QED) is 0.682. The molecule has 0 saturated heterocycles. The first-order valence-corrected chi connectivity index (χ1v) is 9.52. The van der Waals surface area contributed by atoms with Gasteiger partial charge in [0.1, 0.15) is 12.7 Å². The second kappa shape index (κ2) is 9.50. The highest BCUT2D eigenvalue weighted by molar-refractivity contribution is 7.54. The summed E-state index contributed by atoms with van der Waals surface area (Å²) in [4.78, 5) is 12.2. The molecule has 2 aromatic rings. The molecule has 0 spiro atoms. The molecule has 0 heterocycles. The predicted octanol–water partition coefficient (Wildman–Crippen LogP) is 3.46. The minimum absolute atomic E-state index is 0.0328. The topological polar surface area (TPSA) is 94.1 Å². The Bertz CT molecular complexity index is 732. The maximum Gasteiger partial charge on any atom is 0.408 e. The molecule has 0 saturated carbocycles. The van der Waals surface area contributed by atoms with Gasteiger partial charge >= 0.3 is 13.7 Å². The summed E-state index contributed by atoms with van der Waals surface area (Å²) in [6.07, 6.45) is -2.16. The van der Waals surface area contributed by atoms with Gasteiger partial charge in [0, 0.05) is 14.2 Å². The van der Waals surface area contributed by atoms with Crippen molar-refractivity contribution < 1.29 is 28.3 Å². The number of rotatable bonds is 8. The fraction of sp³-hybridized carbons (Fsp3) is 0.278. The third kappa shape index (κ3) is 5.16. The van der Waals surface area contributed by atoms with Crippen molar-refractivity contribution in [1.29, 1.82) is 0 Å². The van der Waals surface area contributed by atoms with Gasteiger partial charge in [-0.3, -0.25) is 4.57 Å². The van der Waals surface area contributed by atoms with Gasteiger partial charge in [0.15, 0.2) is 5.78 Å². The van der Waals surface area contributed by atoms with Crippen LogP contribution in [0.5, 0.6) is 0 Å². The second-order valence-corrected chi connectivity index (χ2v) is 7.78. The summed E-state index contributed by atoms with van der Waals surface area (Å²) in [5, 5.41) is 13.0. The van der Waals surface area contributed by atoms with Gasteiger partial charge in [-0.15, -0.1) is 0 Å². The Hall–Kier alpha value is -2.18. The standard InChI is InChI=1S/C18H22NO6P/c1-23-26(22,24-2)17(16(20)15-11-7-4-8-12-15)19-18(21)25-13-14-9-5-3-6-10-14/h3-12,16-17,20H,13H2,1-2H3,(H,19,21)/t16-,17-/m0/s1. The third-order valence-corrected chi connectivity index (χ3v) is 5.88. The number of hydrogen-bond acceptors (Lipinski definition) is 6. The van der Waals surface area contributed by atoms with Gasteiger partial charge in [-0.05, 0) is 11.1 Å². The van der Waals surface area contributed by atoms with Gasteiger partial charge in [0.25, 0.3) is 0 Å². The van der Waals surface area contributed by atoms with E-state index >= 15 is 0 Å². The molecule has 0 aliphatic rings. The van der Waals surface area contributed by atoms with Crippen LogP contribution in [0.2, 0.25) is 0 Å². The molecule has 0 aliphatic heterocycles. The van der Waals surface area contributed by atoms with Gasteiger partial charge in [-0.2, -0.15) is 0 Å².